The molecule has 0 aliphatic carbocycles. The molecule has 1 N–H and O–H groups in total. The van der Waals surface area contributed by atoms with Crippen LogP contribution in [0.4, 0.5) is 0 Å². The zero-order valence-electron chi connectivity index (χ0n) is 19.6. The van der Waals surface area contributed by atoms with Gasteiger partial charge in [-0.25, -0.2) is 0 Å². The van der Waals surface area contributed by atoms with Crippen LogP contribution in [0.15, 0.2) is 53.1 Å². The zero-order chi connectivity index (χ0) is 23.3. The van der Waals surface area contributed by atoms with E-state index in [1.807, 2.05) is 18.2 Å². The first-order chi connectivity index (χ1) is 16.7. The van der Waals surface area contributed by atoms with Crippen LogP contribution >= 0.6 is 0 Å². The van der Waals surface area contributed by atoms with Crippen molar-refractivity contribution >= 4 is 5.91 Å². The van der Waals surface area contributed by atoms with Crippen molar-refractivity contribution in [2.75, 3.05) is 32.8 Å². The Bertz CT molecular complexity index is 1120. The van der Waals surface area contributed by atoms with E-state index in [0.29, 0.717) is 37.0 Å². The second-order valence-electron chi connectivity index (χ2n) is 8.85. The molecule has 1 amide bonds. The van der Waals surface area contributed by atoms with Crippen LogP contribution in [0.25, 0.3) is 11.3 Å². The summed E-state index contributed by atoms with van der Waals surface area (Å²) < 4.78 is 16.7. The van der Waals surface area contributed by atoms with Gasteiger partial charge in [-0.2, -0.15) is 0 Å². The molecule has 1 atom stereocenters. The van der Waals surface area contributed by atoms with E-state index in [-0.39, 0.29) is 17.6 Å². The maximum atomic E-state index is 12.9. The lowest BCUT2D eigenvalue weighted by molar-refractivity contribution is 0.0915. The maximum Gasteiger partial charge on any atom is 0.273 e. The topological polar surface area (TPSA) is 76.8 Å². The van der Waals surface area contributed by atoms with Crippen LogP contribution in [-0.2, 0) is 6.42 Å². The molecule has 1 aromatic heterocycles. The van der Waals surface area contributed by atoms with Gasteiger partial charge in [0.05, 0.1) is 6.04 Å². The van der Waals surface area contributed by atoms with E-state index in [1.54, 1.807) is 6.07 Å². The molecule has 0 spiro atoms. The Labute approximate surface area is 200 Å². The number of hydrogen-bond donors (Lipinski definition) is 1. The number of benzene rings is 2. The summed E-state index contributed by atoms with van der Waals surface area (Å²) in [5, 5.41) is 7.11. The minimum Gasteiger partial charge on any atom is -0.486 e. The summed E-state index contributed by atoms with van der Waals surface area (Å²) in [4.78, 5) is 15.4. The van der Waals surface area contributed by atoms with Gasteiger partial charge in [-0.15, -0.1) is 0 Å². The molecule has 34 heavy (non-hydrogen) atoms. The summed E-state index contributed by atoms with van der Waals surface area (Å²) >= 11 is 0. The number of nitrogens with zero attached hydrogens (tertiary/aromatic N) is 2. The number of aryl methyl sites for hydroxylation is 1. The van der Waals surface area contributed by atoms with Gasteiger partial charge in [-0.3, -0.25) is 9.69 Å². The molecular weight excluding hydrogens is 430 g/mol. The largest absolute Gasteiger partial charge is 0.486 e. The van der Waals surface area contributed by atoms with Crippen molar-refractivity contribution in [3.05, 3.63) is 65.4 Å². The fraction of sp³-hybridized carbons (Fsp3) is 0.407. The van der Waals surface area contributed by atoms with Crippen LogP contribution in [0.2, 0.25) is 0 Å². The molecule has 7 heteroatoms. The molecule has 0 radical (unpaired) electrons. The molecule has 2 aromatic carbocycles. The van der Waals surface area contributed by atoms with E-state index in [1.165, 1.54) is 30.4 Å². The molecule has 1 fully saturated rings. The predicted octanol–water partition coefficient (Wildman–Crippen LogP) is 4.63. The van der Waals surface area contributed by atoms with Gasteiger partial charge in [-0.05, 0) is 61.7 Å². The minimum atomic E-state index is -0.236. The van der Waals surface area contributed by atoms with E-state index in [4.69, 9.17) is 14.0 Å². The molecule has 2 aliphatic rings. The van der Waals surface area contributed by atoms with Crippen molar-refractivity contribution < 1.29 is 18.8 Å². The van der Waals surface area contributed by atoms with Crippen molar-refractivity contribution in [2.45, 2.75) is 38.6 Å². The molecule has 3 aromatic rings. The predicted molar refractivity (Wildman–Crippen MR) is 129 cm³/mol. The van der Waals surface area contributed by atoms with Gasteiger partial charge in [-0.1, -0.05) is 42.8 Å². The molecular formula is C27H31N3O4. The Morgan fingerprint density at radius 2 is 1.76 bits per heavy atom. The first kappa shape index (κ1) is 22.5. The van der Waals surface area contributed by atoms with Crippen molar-refractivity contribution in [1.82, 2.24) is 15.4 Å². The minimum absolute atomic E-state index is 0.138. The van der Waals surface area contributed by atoms with Gasteiger partial charge < -0.3 is 19.3 Å². The number of nitrogens with one attached hydrogen (secondary N) is 1. The first-order valence-corrected chi connectivity index (χ1v) is 12.2. The Morgan fingerprint density at radius 1 is 1.00 bits per heavy atom. The van der Waals surface area contributed by atoms with Gasteiger partial charge >= 0.3 is 0 Å². The van der Waals surface area contributed by atoms with E-state index in [0.717, 1.165) is 25.1 Å². The standard InChI is InChI=1S/C27H31N3O4/c1-2-19-6-8-20(9-7-19)23(30-12-4-3-5-13-30)18-28-27(31)22-17-25(34-29-22)21-10-11-24-26(16-21)33-15-14-32-24/h6-11,16-17,23H,2-5,12-15,18H2,1H3,(H,28,31). The molecule has 0 bridgehead atoms. The lowest BCUT2D eigenvalue weighted by Crippen LogP contribution is -2.40. The number of rotatable bonds is 7. The average Bonchev–Trinajstić information content (AvgIpc) is 3.40. The summed E-state index contributed by atoms with van der Waals surface area (Å²) in [6.07, 6.45) is 4.68. The van der Waals surface area contributed by atoms with Crippen molar-refractivity contribution in [3.8, 4) is 22.8 Å². The lowest BCUT2D eigenvalue weighted by Gasteiger charge is -2.35. The van der Waals surface area contributed by atoms with Crippen molar-refractivity contribution in [1.29, 1.82) is 0 Å². The molecule has 3 heterocycles. The number of carbonyl (C=O) groups excluding carboxylic acids is 1. The van der Waals surface area contributed by atoms with E-state index >= 15 is 0 Å². The maximum absolute atomic E-state index is 12.9. The highest BCUT2D eigenvalue weighted by atomic mass is 16.6. The van der Waals surface area contributed by atoms with Gasteiger partial charge in [0.1, 0.15) is 13.2 Å². The summed E-state index contributed by atoms with van der Waals surface area (Å²) in [5.74, 6) is 1.66. The Kier molecular flexibility index (Phi) is 6.81. The number of carbonyl (C=O) groups is 1. The molecule has 2 aliphatic heterocycles. The molecule has 1 saturated heterocycles. The van der Waals surface area contributed by atoms with Gasteiger partial charge in [0.2, 0.25) is 0 Å². The Morgan fingerprint density at radius 3 is 2.53 bits per heavy atom. The zero-order valence-corrected chi connectivity index (χ0v) is 19.6. The Hall–Kier alpha value is -3.32. The summed E-state index contributed by atoms with van der Waals surface area (Å²) in [5.41, 5.74) is 3.61. The van der Waals surface area contributed by atoms with Crippen LogP contribution in [0.5, 0.6) is 11.5 Å². The molecule has 0 saturated carbocycles. The fourth-order valence-corrected chi connectivity index (χ4v) is 4.66. The number of hydrogen-bond acceptors (Lipinski definition) is 6. The summed E-state index contributed by atoms with van der Waals surface area (Å²) in [7, 11) is 0. The monoisotopic (exact) mass is 461 g/mol. The molecule has 7 nitrogen and oxygen atoms in total. The van der Waals surface area contributed by atoms with Crippen LogP contribution in [-0.4, -0.2) is 48.8 Å². The van der Waals surface area contributed by atoms with E-state index < -0.39 is 0 Å². The number of piperidine rings is 1. The number of amides is 1. The number of ether oxygens (including phenoxy) is 2. The number of likely N-dealkylation sites (tertiary alicyclic amines) is 1. The third-order valence-corrected chi connectivity index (χ3v) is 6.63. The highest BCUT2D eigenvalue weighted by Gasteiger charge is 2.24. The third-order valence-electron chi connectivity index (χ3n) is 6.63. The highest BCUT2D eigenvalue weighted by molar-refractivity contribution is 5.93. The van der Waals surface area contributed by atoms with Crippen LogP contribution in [0.3, 0.4) is 0 Å². The van der Waals surface area contributed by atoms with Crippen molar-refractivity contribution in [2.24, 2.45) is 0 Å². The lowest BCUT2D eigenvalue weighted by atomic mass is 9.99. The second kappa shape index (κ2) is 10.3. The highest BCUT2D eigenvalue weighted by Crippen LogP contribution is 2.34. The quantitative estimate of drug-likeness (QED) is 0.553. The van der Waals surface area contributed by atoms with E-state index in [9.17, 15) is 4.79 Å². The smallest absolute Gasteiger partial charge is 0.273 e. The van der Waals surface area contributed by atoms with Crippen LogP contribution in [0.1, 0.15) is 53.8 Å². The first-order valence-electron chi connectivity index (χ1n) is 12.2. The number of fused-ring (bicyclic) bond motifs is 1. The van der Waals surface area contributed by atoms with Gasteiger partial charge in [0.25, 0.3) is 5.91 Å². The van der Waals surface area contributed by atoms with Crippen molar-refractivity contribution in [3.63, 3.8) is 0 Å². The Balaban J connectivity index is 1.28. The summed E-state index contributed by atoms with van der Waals surface area (Å²) in [6, 6.07) is 16.1. The molecule has 5 rings (SSSR count). The van der Waals surface area contributed by atoms with Gasteiger partial charge in [0.15, 0.2) is 23.0 Å². The SMILES string of the molecule is CCc1ccc(C(CNC(=O)c2cc(-c3ccc4c(c3)OCCO4)on2)N2CCCCC2)cc1. The molecule has 178 valence electrons. The number of aromatic nitrogens is 1. The second-order valence-corrected chi connectivity index (χ2v) is 8.85. The summed E-state index contributed by atoms with van der Waals surface area (Å²) in [6.45, 7) is 5.84. The normalized spacial score (nSPS) is 16.7. The third kappa shape index (κ3) is 4.94. The molecule has 1 unspecified atom stereocenters. The van der Waals surface area contributed by atoms with Crippen LogP contribution in [0, 0.1) is 0 Å². The van der Waals surface area contributed by atoms with E-state index in [2.05, 4.69) is 46.6 Å². The van der Waals surface area contributed by atoms with Gasteiger partial charge in [0, 0.05) is 18.2 Å². The average molecular weight is 462 g/mol. The fourth-order valence-electron chi connectivity index (χ4n) is 4.66. The van der Waals surface area contributed by atoms with Crippen LogP contribution < -0.4 is 14.8 Å².